The summed E-state index contributed by atoms with van der Waals surface area (Å²) in [5.74, 6) is -0.113. The van der Waals surface area contributed by atoms with Gasteiger partial charge in [-0.2, -0.15) is 5.11 Å². The third kappa shape index (κ3) is 3.35. The first-order chi connectivity index (χ1) is 11.6. The lowest BCUT2D eigenvalue weighted by Gasteiger charge is -2.08. The fourth-order valence-electron chi connectivity index (χ4n) is 2.09. The lowest BCUT2D eigenvalue weighted by atomic mass is 10.1. The molecule has 0 unspecified atom stereocenters. The SMILES string of the molecule is C=C(C)C(=O)Oc1ccc(N=Nc2ccccc2)c2cccnc12. The largest absolute Gasteiger partial charge is 0.421 e. The van der Waals surface area contributed by atoms with E-state index < -0.39 is 5.97 Å². The van der Waals surface area contributed by atoms with Crippen LogP contribution in [0.2, 0.25) is 0 Å². The topological polar surface area (TPSA) is 63.9 Å². The lowest BCUT2D eigenvalue weighted by molar-refractivity contribution is -0.130. The maximum atomic E-state index is 11.8. The first kappa shape index (κ1) is 15.6. The van der Waals surface area contributed by atoms with Crippen LogP contribution in [0.15, 0.2) is 83.2 Å². The maximum absolute atomic E-state index is 11.8. The van der Waals surface area contributed by atoms with Gasteiger partial charge in [-0.25, -0.2) is 4.79 Å². The van der Waals surface area contributed by atoms with Crippen LogP contribution in [0.25, 0.3) is 10.9 Å². The molecule has 0 bridgehead atoms. The highest BCUT2D eigenvalue weighted by Gasteiger charge is 2.12. The monoisotopic (exact) mass is 317 g/mol. The number of ether oxygens (including phenoxy) is 1. The standard InChI is InChI=1S/C19H15N3O2/c1-13(2)19(23)24-17-11-10-16(15-9-6-12-20-18(15)17)22-21-14-7-4-3-5-8-14/h3-12H,1H2,2H3. The minimum atomic E-state index is -0.486. The van der Waals surface area contributed by atoms with Crippen molar-refractivity contribution in [1.82, 2.24) is 4.98 Å². The number of pyridine rings is 1. The molecule has 1 heterocycles. The number of hydrogen-bond donors (Lipinski definition) is 0. The molecule has 0 aliphatic carbocycles. The number of aromatic nitrogens is 1. The third-order valence-electron chi connectivity index (χ3n) is 3.29. The fourth-order valence-corrected chi connectivity index (χ4v) is 2.09. The minimum absolute atomic E-state index is 0.326. The Bertz CT molecular complexity index is 934. The van der Waals surface area contributed by atoms with Gasteiger partial charge in [-0.05, 0) is 43.3 Å². The molecule has 0 saturated carbocycles. The molecule has 3 aromatic rings. The average Bonchev–Trinajstić information content (AvgIpc) is 2.61. The first-order valence-corrected chi connectivity index (χ1v) is 7.37. The molecular weight excluding hydrogens is 302 g/mol. The Kier molecular flexibility index (Phi) is 4.43. The predicted octanol–water partition coefficient (Wildman–Crippen LogP) is 5.13. The van der Waals surface area contributed by atoms with Crippen LogP contribution in [0.3, 0.4) is 0 Å². The highest BCUT2D eigenvalue weighted by Crippen LogP contribution is 2.33. The molecule has 0 spiro atoms. The van der Waals surface area contributed by atoms with Crippen molar-refractivity contribution >= 4 is 28.2 Å². The second-order valence-electron chi connectivity index (χ2n) is 5.19. The Morgan fingerprint density at radius 3 is 2.58 bits per heavy atom. The second-order valence-corrected chi connectivity index (χ2v) is 5.19. The Morgan fingerprint density at radius 2 is 1.83 bits per heavy atom. The van der Waals surface area contributed by atoms with E-state index >= 15 is 0 Å². The minimum Gasteiger partial charge on any atom is -0.421 e. The quantitative estimate of drug-likeness (QED) is 0.290. The van der Waals surface area contributed by atoms with Gasteiger partial charge in [0.1, 0.15) is 5.52 Å². The van der Waals surface area contributed by atoms with Gasteiger partial charge in [0.05, 0.1) is 11.4 Å². The molecule has 0 atom stereocenters. The molecule has 5 nitrogen and oxygen atoms in total. The summed E-state index contributed by atoms with van der Waals surface area (Å²) in [5.41, 5.74) is 2.29. The number of hydrogen-bond acceptors (Lipinski definition) is 5. The van der Waals surface area contributed by atoms with Gasteiger partial charge in [-0.15, -0.1) is 5.11 Å². The van der Waals surface area contributed by atoms with Crippen LogP contribution >= 0.6 is 0 Å². The van der Waals surface area contributed by atoms with Crippen LogP contribution in [-0.4, -0.2) is 11.0 Å². The van der Waals surface area contributed by atoms with E-state index in [0.29, 0.717) is 22.5 Å². The number of esters is 1. The van der Waals surface area contributed by atoms with Crippen molar-refractivity contribution in [2.24, 2.45) is 10.2 Å². The van der Waals surface area contributed by atoms with Crippen molar-refractivity contribution in [3.8, 4) is 5.75 Å². The predicted molar refractivity (Wildman–Crippen MR) is 92.8 cm³/mol. The fraction of sp³-hybridized carbons (Fsp3) is 0.0526. The number of azo groups is 1. The van der Waals surface area contributed by atoms with Crippen LogP contribution in [-0.2, 0) is 4.79 Å². The van der Waals surface area contributed by atoms with Crippen molar-refractivity contribution < 1.29 is 9.53 Å². The van der Waals surface area contributed by atoms with Gasteiger partial charge in [0.2, 0.25) is 0 Å². The van der Waals surface area contributed by atoms with Gasteiger partial charge in [-0.1, -0.05) is 24.8 Å². The maximum Gasteiger partial charge on any atom is 0.338 e. The molecule has 5 heteroatoms. The third-order valence-corrected chi connectivity index (χ3v) is 3.29. The molecule has 24 heavy (non-hydrogen) atoms. The van der Waals surface area contributed by atoms with Gasteiger partial charge in [0, 0.05) is 17.2 Å². The zero-order valence-electron chi connectivity index (χ0n) is 13.1. The van der Waals surface area contributed by atoms with Gasteiger partial charge >= 0.3 is 5.97 Å². The molecule has 0 amide bonds. The first-order valence-electron chi connectivity index (χ1n) is 7.37. The molecule has 0 radical (unpaired) electrons. The van der Waals surface area contributed by atoms with E-state index in [4.69, 9.17) is 4.74 Å². The molecule has 3 rings (SSSR count). The van der Waals surface area contributed by atoms with Crippen molar-refractivity contribution in [2.75, 3.05) is 0 Å². The Labute approximate surface area is 139 Å². The number of fused-ring (bicyclic) bond motifs is 1. The zero-order chi connectivity index (χ0) is 16.9. The summed E-state index contributed by atoms with van der Waals surface area (Å²) in [6, 6.07) is 16.5. The van der Waals surface area contributed by atoms with Crippen LogP contribution in [0, 0.1) is 0 Å². The summed E-state index contributed by atoms with van der Waals surface area (Å²) in [7, 11) is 0. The number of nitrogens with zero attached hydrogens (tertiary/aromatic N) is 3. The van der Waals surface area contributed by atoms with E-state index in [1.807, 2.05) is 36.4 Å². The molecule has 0 fully saturated rings. The highest BCUT2D eigenvalue weighted by atomic mass is 16.5. The Hall–Kier alpha value is -3.34. The zero-order valence-corrected chi connectivity index (χ0v) is 13.1. The molecule has 0 saturated heterocycles. The number of rotatable bonds is 4. The summed E-state index contributed by atoms with van der Waals surface area (Å²) in [5, 5.41) is 9.26. The van der Waals surface area contributed by atoms with E-state index in [1.165, 1.54) is 0 Å². The van der Waals surface area contributed by atoms with Crippen LogP contribution in [0.4, 0.5) is 11.4 Å². The van der Waals surface area contributed by atoms with Crippen molar-refractivity contribution in [3.05, 3.63) is 72.9 Å². The Balaban J connectivity index is 2.01. The van der Waals surface area contributed by atoms with Crippen molar-refractivity contribution in [1.29, 1.82) is 0 Å². The van der Waals surface area contributed by atoms with E-state index in [2.05, 4.69) is 21.8 Å². The molecule has 0 N–H and O–H groups in total. The Morgan fingerprint density at radius 1 is 1.04 bits per heavy atom. The second kappa shape index (κ2) is 6.83. The normalized spacial score (nSPS) is 10.9. The summed E-state index contributed by atoms with van der Waals surface area (Å²) in [6.07, 6.45) is 1.64. The molecule has 1 aromatic heterocycles. The summed E-state index contributed by atoms with van der Waals surface area (Å²) in [6.45, 7) is 5.18. The molecule has 2 aromatic carbocycles. The van der Waals surface area contributed by atoms with Crippen LogP contribution in [0.1, 0.15) is 6.92 Å². The van der Waals surface area contributed by atoms with Gasteiger partial charge < -0.3 is 4.74 Å². The summed E-state index contributed by atoms with van der Waals surface area (Å²) in [4.78, 5) is 16.1. The van der Waals surface area contributed by atoms with Gasteiger partial charge in [-0.3, -0.25) is 4.98 Å². The number of benzene rings is 2. The summed E-state index contributed by atoms with van der Waals surface area (Å²) < 4.78 is 5.33. The molecular formula is C19H15N3O2. The van der Waals surface area contributed by atoms with Gasteiger partial charge in [0.15, 0.2) is 5.75 Å². The lowest BCUT2D eigenvalue weighted by Crippen LogP contribution is -2.08. The molecule has 118 valence electrons. The average molecular weight is 317 g/mol. The highest BCUT2D eigenvalue weighted by molar-refractivity contribution is 5.97. The molecule has 0 aliphatic heterocycles. The summed E-state index contributed by atoms with van der Waals surface area (Å²) >= 11 is 0. The smallest absolute Gasteiger partial charge is 0.338 e. The van der Waals surface area contributed by atoms with E-state index in [0.717, 1.165) is 11.1 Å². The van der Waals surface area contributed by atoms with E-state index in [1.54, 1.807) is 31.3 Å². The van der Waals surface area contributed by atoms with E-state index in [-0.39, 0.29) is 0 Å². The van der Waals surface area contributed by atoms with E-state index in [9.17, 15) is 4.79 Å². The van der Waals surface area contributed by atoms with Crippen molar-refractivity contribution in [3.63, 3.8) is 0 Å². The van der Waals surface area contributed by atoms with Crippen LogP contribution < -0.4 is 4.74 Å². The number of carbonyl (C=O) groups excluding carboxylic acids is 1. The molecule has 0 aliphatic rings. The van der Waals surface area contributed by atoms with Crippen molar-refractivity contribution in [2.45, 2.75) is 6.92 Å². The van der Waals surface area contributed by atoms with Crippen LogP contribution in [0.5, 0.6) is 5.75 Å². The number of carbonyl (C=O) groups is 1. The van der Waals surface area contributed by atoms with Gasteiger partial charge in [0.25, 0.3) is 0 Å².